The molecule has 0 unspecified atom stereocenters. The number of benzene rings is 2. The number of aliphatic hydroxyl groups is 1. The Kier molecular flexibility index (Phi) is 6.22. The summed E-state index contributed by atoms with van der Waals surface area (Å²) < 4.78 is 0. The van der Waals surface area contributed by atoms with E-state index in [1.54, 1.807) is 41.9 Å². The van der Waals surface area contributed by atoms with Gasteiger partial charge in [0.1, 0.15) is 11.4 Å². The molecule has 5 N–H and O–H groups in total. The van der Waals surface area contributed by atoms with Crippen molar-refractivity contribution in [2.45, 2.75) is 25.0 Å². The normalized spacial score (nSPS) is 13.8. The summed E-state index contributed by atoms with van der Waals surface area (Å²) in [6, 6.07) is 10.1. The van der Waals surface area contributed by atoms with Crippen LogP contribution in [-0.2, 0) is 11.3 Å². The van der Waals surface area contributed by atoms with E-state index in [2.05, 4.69) is 20.9 Å². The number of anilines is 3. The summed E-state index contributed by atoms with van der Waals surface area (Å²) in [5, 5.41) is 28.4. The van der Waals surface area contributed by atoms with Crippen molar-refractivity contribution in [2.24, 2.45) is 0 Å². The molecule has 1 aliphatic carbocycles. The number of carbonyl (C=O) groups is 2. The highest BCUT2D eigenvalue weighted by molar-refractivity contribution is 7.07. The van der Waals surface area contributed by atoms with Crippen molar-refractivity contribution in [3.8, 4) is 0 Å². The zero-order valence-electron chi connectivity index (χ0n) is 16.8. The van der Waals surface area contributed by atoms with E-state index in [-0.39, 0.29) is 17.1 Å². The minimum Gasteiger partial charge on any atom is -0.380 e. The highest BCUT2D eigenvalue weighted by atomic mass is 35.5. The Morgan fingerprint density at radius 2 is 2.03 bits per heavy atom. The van der Waals surface area contributed by atoms with Crippen LogP contribution in [0, 0.1) is 5.41 Å². The average Bonchev–Trinajstić information content (AvgIpc) is 3.33. The van der Waals surface area contributed by atoms with E-state index in [0.29, 0.717) is 41.2 Å². The van der Waals surface area contributed by atoms with Crippen molar-refractivity contribution >= 4 is 58.2 Å². The summed E-state index contributed by atoms with van der Waals surface area (Å²) >= 11 is 7.69. The van der Waals surface area contributed by atoms with E-state index >= 15 is 0 Å². The number of rotatable bonds is 8. The molecule has 0 radical (unpaired) electrons. The lowest BCUT2D eigenvalue weighted by Crippen LogP contribution is -2.35. The predicted octanol–water partition coefficient (Wildman–Crippen LogP) is 3.93. The van der Waals surface area contributed by atoms with E-state index in [1.165, 1.54) is 11.3 Å². The van der Waals surface area contributed by atoms with Crippen LogP contribution in [0.25, 0.3) is 0 Å². The Morgan fingerprint density at radius 1 is 1.25 bits per heavy atom. The van der Waals surface area contributed by atoms with Gasteiger partial charge in [-0.1, -0.05) is 23.7 Å². The summed E-state index contributed by atoms with van der Waals surface area (Å²) in [4.78, 5) is 29.1. The van der Waals surface area contributed by atoms with Crippen LogP contribution in [0.1, 0.15) is 34.3 Å². The number of nitrogens with one attached hydrogen (secondary N) is 4. The van der Waals surface area contributed by atoms with Crippen LogP contribution in [0.15, 0.2) is 47.3 Å². The Bertz CT molecular complexity index is 1180. The van der Waals surface area contributed by atoms with Gasteiger partial charge in [-0.05, 0) is 42.7 Å². The second-order valence-electron chi connectivity index (χ2n) is 7.39. The highest BCUT2D eigenvalue weighted by Crippen LogP contribution is 2.35. The quantitative estimate of drug-likeness (QED) is 0.319. The summed E-state index contributed by atoms with van der Waals surface area (Å²) in [5.74, 6) is -0.216. The second-order valence-corrected chi connectivity index (χ2v) is 8.52. The monoisotopic (exact) mass is 469 g/mol. The molecule has 1 fully saturated rings. The van der Waals surface area contributed by atoms with Gasteiger partial charge in [-0.15, -0.1) is 11.3 Å². The molecule has 1 aromatic heterocycles. The Morgan fingerprint density at radius 3 is 2.72 bits per heavy atom. The van der Waals surface area contributed by atoms with Crippen LogP contribution in [0.3, 0.4) is 0 Å². The Balaban J connectivity index is 1.51. The first-order chi connectivity index (χ1) is 15.4. The SMILES string of the molecule is N=Cc1c(NC(=O)c2cc(CNC(=O)C3(O)CC3)ccc2Cl)cccc1Nc1cscn1. The minimum atomic E-state index is -1.26. The van der Waals surface area contributed by atoms with Crippen molar-refractivity contribution in [3.05, 3.63) is 69.0 Å². The molecule has 0 aliphatic heterocycles. The van der Waals surface area contributed by atoms with Crippen LogP contribution in [-0.4, -0.2) is 33.7 Å². The van der Waals surface area contributed by atoms with Crippen LogP contribution in [0.4, 0.5) is 17.2 Å². The molecule has 2 amide bonds. The average molecular weight is 470 g/mol. The van der Waals surface area contributed by atoms with Gasteiger partial charge in [0.25, 0.3) is 11.8 Å². The maximum atomic E-state index is 13.0. The van der Waals surface area contributed by atoms with Crippen molar-refractivity contribution in [1.82, 2.24) is 10.3 Å². The molecule has 1 saturated carbocycles. The molecular formula is C22H20ClN5O3S. The number of hydrogen-bond acceptors (Lipinski definition) is 7. The number of aromatic nitrogens is 1. The van der Waals surface area contributed by atoms with Gasteiger partial charge >= 0.3 is 0 Å². The number of hydrogen-bond donors (Lipinski definition) is 5. The molecule has 2 aromatic carbocycles. The fourth-order valence-electron chi connectivity index (χ4n) is 3.09. The standard InChI is InChI=1S/C22H20ClN5O3S/c23-16-5-4-13(10-25-21(30)22(31)6-7-22)8-14(16)20(29)28-18-3-1-2-17(15(18)9-24)27-19-11-32-12-26-19/h1-5,8-9,11-12,24,27,31H,6-7,10H2,(H,25,30)(H,28,29). The van der Waals surface area contributed by atoms with Gasteiger partial charge in [0.2, 0.25) is 0 Å². The van der Waals surface area contributed by atoms with Gasteiger partial charge in [0.05, 0.1) is 27.5 Å². The zero-order valence-corrected chi connectivity index (χ0v) is 18.4. The van der Waals surface area contributed by atoms with Crippen LogP contribution < -0.4 is 16.0 Å². The van der Waals surface area contributed by atoms with Gasteiger partial charge < -0.3 is 26.5 Å². The van der Waals surface area contributed by atoms with Gasteiger partial charge in [0.15, 0.2) is 0 Å². The van der Waals surface area contributed by atoms with Gasteiger partial charge in [0, 0.05) is 23.7 Å². The zero-order chi connectivity index (χ0) is 22.7. The van der Waals surface area contributed by atoms with Gasteiger partial charge in [-0.3, -0.25) is 9.59 Å². The summed E-state index contributed by atoms with van der Waals surface area (Å²) in [6.07, 6.45) is 2.07. The van der Waals surface area contributed by atoms with E-state index < -0.39 is 17.4 Å². The van der Waals surface area contributed by atoms with Crippen molar-refractivity contribution in [3.63, 3.8) is 0 Å². The molecule has 3 aromatic rings. The lowest BCUT2D eigenvalue weighted by atomic mass is 10.1. The summed E-state index contributed by atoms with van der Waals surface area (Å²) in [7, 11) is 0. The highest BCUT2D eigenvalue weighted by Gasteiger charge is 2.47. The number of thiazole rings is 1. The Hall–Kier alpha value is -3.27. The number of halogens is 1. The molecule has 0 atom stereocenters. The molecular weight excluding hydrogens is 450 g/mol. The molecule has 8 nitrogen and oxygen atoms in total. The molecule has 1 aliphatic rings. The van der Waals surface area contributed by atoms with E-state index in [0.717, 1.165) is 6.21 Å². The topological polar surface area (TPSA) is 127 Å². The van der Waals surface area contributed by atoms with E-state index in [9.17, 15) is 14.7 Å². The second kappa shape index (κ2) is 9.07. The van der Waals surface area contributed by atoms with E-state index in [4.69, 9.17) is 17.0 Å². The van der Waals surface area contributed by atoms with Gasteiger partial charge in [-0.2, -0.15) is 0 Å². The first kappa shape index (κ1) is 21.9. The summed E-state index contributed by atoms with van der Waals surface area (Å²) in [6.45, 7) is 0.164. The lowest BCUT2D eigenvalue weighted by Gasteiger charge is -2.14. The molecule has 32 heavy (non-hydrogen) atoms. The van der Waals surface area contributed by atoms with E-state index in [1.807, 2.05) is 5.38 Å². The molecule has 0 bridgehead atoms. The maximum Gasteiger partial charge on any atom is 0.257 e. The van der Waals surface area contributed by atoms with Gasteiger partial charge in [-0.25, -0.2) is 4.98 Å². The molecule has 4 rings (SSSR count). The summed E-state index contributed by atoms with van der Waals surface area (Å²) in [5.41, 5.74) is 2.90. The maximum absolute atomic E-state index is 13.0. The fraction of sp³-hybridized carbons (Fsp3) is 0.182. The first-order valence-corrected chi connectivity index (χ1v) is 11.1. The third-order valence-corrected chi connectivity index (χ3v) is 5.98. The molecule has 10 heteroatoms. The first-order valence-electron chi connectivity index (χ1n) is 9.79. The fourth-order valence-corrected chi connectivity index (χ4v) is 3.78. The number of nitrogens with zero attached hydrogens (tertiary/aromatic N) is 1. The van der Waals surface area contributed by atoms with Crippen LogP contribution >= 0.6 is 22.9 Å². The largest absolute Gasteiger partial charge is 0.380 e. The Labute approximate surface area is 193 Å². The van der Waals surface area contributed by atoms with Crippen LogP contribution in [0.2, 0.25) is 5.02 Å². The predicted molar refractivity (Wildman–Crippen MR) is 125 cm³/mol. The minimum absolute atomic E-state index is 0.164. The molecule has 0 spiro atoms. The van der Waals surface area contributed by atoms with Crippen molar-refractivity contribution < 1.29 is 14.7 Å². The molecule has 1 heterocycles. The van der Waals surface area contributed by atoms with Crippen LogP contribution in [0.5, 0.6) is 0 Å². The molecule has 0 saturated heterocycles. The smallest absolute Gasteiger partial charge is 0.257 e. The third kappa shape index (κ3) is 4.80. The third-order valence-electron chi connectivity index (χ3n) is 5.07. The van der Waals surface area contributed by atoms with Crippen molar-refractivity contribution in [1.29, 1.82) is 5.41 Å². The van der Waals surface area contributed by atoms with Crippen molar-refractivity contribution in [2.75, 3.05) is 10.6 Å². The molecule has 164 valence electrons. The number of amides is 2. The lowest BCUT2D eigenvalue weighted by molar-refractivity contribution is -0.131. The number of carbonyl (C=O) groups excluding carboxylic acids is 2.